The van der Waals surface area contributed by atoms with Crippen molar-refractivity contribution in [1.82, 2.24) is 10.2 Å². The Kier molecular flexibility index (Phi) is 8.29. The molecule has 0 heterocycles. The molecule has 0 saturated carbocycles. The molecule has 0 aromatic rings. The fourth-order valence-corrected chi connectivity index (χ4v) is 2.74. The minimum Gasteiger partial charge on any atom is -0.312 e. The predicted molar refractivity (Wildman–Crippen MR) is 77.1 cm³/mol. The number of hydrogen-bond acceptors (Lipinski definition) is 2. The largest absolute Gasteiger partial charge is 0.312 e. The molecule has 0 saturated heterocycles. The third kappa shape index (κ3) is 4.33. The molecule has 1 N–H and O–H groups in total. The number of nitrogens with one attached hydrogen (secondary N) is 1. The van der Waals surface area contributed by atoms with Crippen molar-refractivity contribution in [3.05, 3.63) is 0 Å². The van der Waals surface area contributed by atoms with Gasteiger partial charge < -0.3 is 5.32 Å². The van der Waals surface area contributed by atoms with Crippen molar-refractivity contribution in [2.75, 3.05) is 19.6 Å². The van der Waals surface area contributed by atoms with Crippen LogP contribution >= 0.6 is 0 Å². The Morgan fingerprint density at radius 1 is 1.24 bits per heavy atom. The van der Waals surface area contributed by atoms with Gasteiger partial charge in [0.2, 0.25) is 0 Å². The Hall–Kier alpha value is -0.520. The number of nitrogens with zero attached hydrogens (tertiary/aromatic N) is 1. The van der Waals surface area contributed by atoms with E-state index in [-0.39, 0.29) is 5.54 Å². The van der Waals surface area contributed by atoms with Gasteiger partial charge in [0, 0.05) is 18.0 Å². The summed E-state index contributed by atoms with van der Waals surface area (Å²) in [7, 11) is 0. The Balaban J connectivity index is 4.89. The first-order chi connectivity index (χ1) is 8.10. The van der Waals surface area contributed by atoms with Gasteiger partial charge in [-0.3, -0.25) is 4.90 Å². The van der Waals surface area contributed by atoms with Crippen molar-refractivity contribution < 1.29 is 0 Å². The van der Waals surface area contributed by atoms with Crippen LogP contribution in [0.1, 0.15) is 53.9 Å². The van der Waals surface area contributed by atoms with Gasteiger partial charge in [0.05, 0.1) is 0 Å². The van der Waals surface area contributed by atoms with Crippen molar-refractivity contribution in [3.8, 4) is 12.3 Å². The van der Waals surface area contributed by atoms with Crippen LogP contribution in [-0.4, -0.2) is 36.1 Å². The second-order valence-electron chi connectivity index (χ2n) is 4.74. The summed E-state index contributed by atoms with van der Waals surface area (Å²) in [4.78, 5) is 2.55. The molecule has 0 aliphatic heterocycles. The summed E-state index contributed by atoms with van der Waals surface area (Å²) in [6, 6.07) is 0.480. The van der Waals surface area contributed by atoms with Gasteiger partial charge in [-0.05, 0) is 39.4 Å². The summed E-state index contributed by atoms with van der Waals surface area (Å²) in [5.74, 6) is 2.77. The van der Waals surface area contributed by atoms with Crippen molar-refractivity contribution >= 4 is 0 Å². The molecule has 0 amide bonds. The summed E-state index contributed by atoms with van der Waals surface area (Å²) in [6.45, 7) is 14.5. The molecule has 0 spiro atoms. The highest BCUT2D eigenvalue weighted by Gasteiger charge is 2.35. The lowest BCUT2D eigenvalue weighted by molar-refractivity contribution is 0.0679. The van der Waals surface area contributed by atoms with E-state index in [0.717, 1.165) is 38.9 Å². The highest BCUT2D eigenvalue weighted by Crippen LogP contribution is 2.26. The standard InChI is InChI=1S/C15H30N2/c1-7-12-13-14(16-9-3)15(6,8-2)17(10-4)11-5/h1,14,16H,8-13H2,2-6H3. The third-order valence-electron chi connectivity index (χ3n) is 3.98. The van der Waals surface area contributed by atoms with Crippen LogP contribution in [0.4, 0.5) is 0 Å². The molecule has 2 unspecified atom stereocenters. The SMILES string of the molecule is C#CCCC(NCC)C(C)(CC)N(CC)CC. The fourth-order valence-electron chi connectivity index (χ4n) is 2.74. The van der Waals surface area contributed by atoms with Crippen molar-refractivity contribution in [2.45, 2.75) is 65.5 Å². The molecular weight excluding hydrogens is 208 g/mol. The maximum absolute atomic E-state index is 5.41. The van der Waals surface area contributed by atoms with E-state index in [4.69, 9.17) is 6.42 Å². The van der Waals surface area contributed by atoms with Crippen LogP contribution in [0.2, 0.25) is 0 Å². The van der Waals surface area contributed by atoms with Gasteiger partial charge in [0.15, 0.2) is 0 Å². The zero-order chi connectivity index (χ0) is 13.3. The lowest BCUT2D eigenvalue weighted by atomic mass is 9.84. The number of rotatable bonds is 9. The zero-order valence-electron chi connectivity index (χ0n) is 12.3. The highest BCUT2D eigenvalue weighted by atomic mass is 15.2. The second kappa shape index (κ2) is 8.55. The van der Waals surface area contributed by atoms with Crippen molar-refractivity contribution in [1.29, 1.82) is 0 Å². The lowest BCUT2D eigenvalue weighted by Gasteiger charge is -2.46. The molecule has 17 heavy (non-hydrogen) atoms. The summed E-state index contributed by atoms with van der Waals surface area (Å²) in [5, 5.41) is 3.62. The van der Waals surface area contributed by atoms with Crippen LogP contribution in [0.15, 0.2) is 0 Å². The normalized spacial score (nSPS) is 16.5. The Morgan fingerprint density at radius 2 is 1.82 bits per heavy atom. The zero-order valence-corrected chi connectivity index (χ0v) is 12.3. The van der Waals surface area contributed by atoms with Crippen molar-refractivity contribution in [2.24, 2.45) is 0 Å². The van der Waals surface area contributed by atoms with Crippen molar-refractivity contribution in [3.63, 3.8) is 0 Å². The van der Waals surface area contributed by atoms with E-state index in [9.17, 15) is 0 Å². The van der Waals surface area contributed by atoms with Gasteiger partial charge in [0.1, 0.15) is 0 Å². The molecule has 2 atom stereocenters. The smallest absolute Gasteiger partial charge is 0.0331 e. The highest BCUT2D eigenvalue weighted by molar-refractivity contribution is 4.98. The van der Waals surface area contributed by atoms with Crippen LogP contribution in [0.3, 0.4) is 0 Å². The quantitative estimate of drug-likeness (QED) is 0.621. The molecular formula is C15H30N2. The predicted octanol–water partition coefficient (Wildman–Crippen LogP) is 2.89. The van der Waals surface area contributed by atoms with Gasteiger partial charge in [-0.25, -0.2) is 0 Å². The summed E-state index contributed by atoms with van der Waals surface area (Å²) in [6.07, 6.45) is 8.47. The Bertz CT molecular complexity index is 228. The van der Waals surface area contributed by atoms with Crippen LogP contribution < -0.4 is 5.32 Å². The molecule has 0 rings (SSSR count). The summed E-state index contributed by atoms with van der Waals surface area (Å²) in [5.41, 5.74) is 0.205. The summed E-state index contributed by atoms with van der Waals surface area (Å²) >= 11 is 0. The second-order valence-corrected chi connectivity index (χ2v) is 4.74. The van der Waals surface area contributed by atoms with Gasteiger partial charge in [-0.2, -0.15) is 0 Å². The molecule has 0 fully saturated rings. The van der Waals surface area contributed by atoms with E-state index in [0.29, 0.717) is 6.04 Å². The lowest BCUT2D eigenvalue weighted by Crippen LogP contribution is -2.59. The third-order valence-corrected chi connectivity index (χ3v) is 3.98. The van der Waals surface area contributed by atoms with Crippen LogP contribution in [0.25, 0.3) is 0 Å². The van der Waals surface area contributed by atoms with E-state index in [1.807, 2.05) is 0 Å². The minimum absolute atomic E-state index is 0.205. The molecule has 0 aromatic carbocycles. The first-order valence-corrected chi connectivity index (χ1v) is 7.02. The number of hydrogen-bond donors (Lipinski definition) is 1. The van der Waals surface area contributed by atoms with Gasteiger partial charge in [-0.15, -0.1) is 12.3 Å². The van der Waals surface area contributed by atoms with E-state index in [1.165, 1.54) is 0 Å². The molecule has 2 nitrogen and oxygen atoms in total. The van der Waals surface area contributed by atoms with E-state index >= 15 is 0 Å². The number of likely N-dealkylation sites (N-methyl/N-ethyl adjacent to an activating group) is 2. The van der Waals surface area contributed by atoms with E-state index in [2.05, 4.69) is 50.8 Å². The van der Waals surface area contributed by atoms with Crippen LogP contribution in [0, 0.1) is 12.3 Å². The molecule has 0 bridgehead atoms. The minimum atomic E-state index is 0.205. The van der Waals surface area contributed by atoms with Gasteiger partial charge in [-0.1, -0.05) is 27.7 Å². The molecule has 0 aliphatic carbocycles. The van der Waals surface area contributed by atoms with Crippen LogP contribution in [-0.2, 0) is 0 Å². The first-order valence-electron chi connectivity index (χ1n) is 7.02. The van der Waals surface area contributed by atoms with E-state index < -0.39 is 0 Å². The maximum atomic E-state index is 5.41. The monoisotopic (exact) mass is 238 g/mol. The van der Waals surface area contributed by atoms with Gasteiger partial charge >= 0.3 is 0 Å². The molecule has 0 aromatic heterocycles. The van der Waals surface area contributed by atoms with Gasteiger partial charge in [0.25, 0.3) is 0 Å². The molecule has 0 radical (unpaired) electrons. The van der Waals surface area contributed by atoms with Crippen LogP contribution in [0.5, 0.6) is 0 Å². The molecule has 0 aliphatic rings. The Morgan fingerprint density at radius 3 is 2.18 bits per heavy atom. The number of terminal acetylenes is 1. The fraction of sp³-hybridized carbons (Fsp3) is 0.867. The summed E-state index contributed by atoms with van der Waals surface area (Å²) < 4.78 is 0. The maximum Gasteiger partial charge on any atom is 0.0331 e. The average Bonchev–Trinajstić information content (AvgIpc) is 2.35. The topological polar surface area (TPSA) is 15.3 Å². The molecule has 100 valence electrons. The average molecular weight is 238 g/mol. The first kappa shape index (κ1) is 16.5. The molecule has 2 heteroatoms. The Labute approximate surface area is 108 Å². The van der Waals surface area contributed by atoms with E-state index in [1.54, 1.807) is 0 Å².